The Morgan fingerprint density at radius 1 is 1.38 bits per heavy atom. The minimum Gasteiger partial charge on any atom is -0.302 e. The number of rotatable bonds is 1. The lowest BCUT2D eigenvalue weighted by Gasteiger charge is -1.99. The van der Waals surface area contributed by atoms with Gasteiger partial charge in [0.05, 0.1) is 10.4 Å². The Bertz CT molecular complexity index is 467. The molecule has 66 valence electrons. The van der Waals surface area contributed by atoms with Crippen LogP contribution in [0.4, 0.5) is 0 Å². The minimum absolute atomic E-state index is 0.319. The maximum atomic E-state index is 10.9. The molecule has 1 atom stereocenters. The number of nitrogens with zero attached hydrogens (tertiary/aromatic N) is 2. The molecule has 1 heterocycles. The zero-order chi connectivity index (χ0) is 9.26. The van der Waals surface area contributed by atoms with E-state index in [1.54, 1.807) is 24.4 Å². The molecule has 1 aromatic carbocycles. The average Bonchev–Trinajstić information content (AvgIpc) is 2.17. The van der Waals surface area contributed by atoms with Crippen LogP contribution in [0.15, 0.2) is 35.6 Å². The molecule has 0 aliphatic heterocycles. The van der Waals surface area contributed by atoms with Crippen molar-refractivity contribution in [3.05, 3.63) is 30.7 Å². The van der Waals surface area contributed by atoms with Gasteiger partial charge in [0.15, 0.2) is 11.1 Å². The standard InChI is InChI=1S/C8H6N2O2S/c11-13(12)7-3-1-2-6-4-9-5-10-8(6)7/h1-5H,(H,11,12). The first-order valence-electron chi connectivity index (χ1n) is 3.58. The van der Waals surface area contributed by atoms with Crippen LogP contribution in [-0.4, -0.2) is 18.7 Å². The van der Waals surface area contributed by atoms with Crippen LogP contribution in [0, 0.1) is 0 Å². The Kier molecular flexibility index (Phi) is 2.03. The highest BCUT2D eigenvalue weighted by Crippen LogP contribution is 2.16. The molecule has 2 aromatic rings. The van der Waals surface area contributed by atoms with Crippen molar-refractivity contribution in [3.63, 3.8) is 0 Å². The molecule has 0 saturated carbocycles. The van der Waals surface area contributed by atoms with Gasteiger partial charge in [0.1, 0.15) is 6.33 Å². The highest BCUT2D eigenvalue weighted by atomic mass is 32.2. The number of benzene rings is 1. The highest BCUT2D eigenvalue weighted by Gasteiger charge is 2.05. The minimum atomic E-state index is -1.99. The Hall–Kier alpha value is -1.33. The molecule has 0 aliphatic carbocycles. The van der Waals surface area contributed by atoms with Crippen molar-refractivity contribution in [2.45, 2.75) is 4.90 Å². The summed E-state index contributed by atoms with van der Waals surface area (Å²) in [4.78, 5) is 8.08. The number of aromatic nitrogens is 2. The van der Waals surface area contributed by atoms with Crippen LogP contribution in [-0.2, 0) is 11.1 Å². The van der Waals surface area contributed by atoms with Crippen LogP contribution in [0.5, 0.6) is 0 Å². The van der Waals surface area contributed by atoms with Crippen molar-refractivity contribution in [1.82, 2.24) is 9.97 Å². The van der Waals surface area contributed by atoms with Crippen LogP contribution < -0.4 is 0 Å². The summed E-state index contributed by atoms with van der Waals surface area (Å²) in [6.45, 7) is 0. The smallest absolute Gasteiger partial charge is 0.188 e. The van der Waals surface area contributed by atoms with E-state index in [1.165, 1.54) is 6.33 Å². The zero-order valence-electron chi connectivity index (χ0n) is 6.54. The average molecular weight is 194 g/mol. The van der Waals surface area contributed by atoms with Gasteiger partial charge in [0.25, 0.3) is 0 Å². The molecule has 0 bridgehead atoms. The first-order valence-corrected chi connectivity index (χ1v) is 4.69. The van der Waals surface area contributed by atoms with E-state index in [9.17, 15) is 4.21 Å². The van der Waals surface area contributed by atoms with Gasteiger partial charge in [0.2, 0.25) is 0 Å². The first-order chi connectivity index (χ1) is 6.29. The molecular weight excluding hydrogens is 188 g/mol. The van der Waals surface area contributed by atoms with Gasteiger partial charge in [-0.25, -0.2) is 14.2 Å². The van der Waals surface area contributed by atoms with Crippen molar-refractivity contribution < 1.29 is 8.76 Å². The molecule has 1 unspecified atom stereocenters. The van der Waals surface area contributed by atoms with E-state index in [2.05, 4.69) is 9.97 Å². The van der Waals surface area contributed by atoms with E-state index in [4.69, 9.17) is 4.55 Å². The molecule has 1 aromatic heterocycles. The van der Waals surface area contributed by atoms with Crippen molar-refractivity contribution in [2.24, 2.45) is 0 Å². The van der Waals surface area contributed by atoms with E-state index >= 15 is 0 Å². The van der Waals surface area contributed by atoms with Crippen molar-refractivity contribution in [2.75, 3.05) is 0 Å². The molecular formula is C8H6N2O2S. The van der Waals surface area contributed by atoms with Gasteiger partial charge in [-0.05, 0) is 6.07 Å². The molecule has 0 fully saturated rings. The molecule has 0 aliphatic rings. The van der Waals surface area contributed by atoms with E-state index in [-0.39, 0.29) is 0 Å². The van der Waals surface area contributed by atoms with Gasteiger partial charge in [-0.15, -0.1) is 0 Å². The topological polar surface area (TPSA) is 63.1 Å². The number of hydrogen-bond donors (Lipinski definition) is 1. The summed E-state index contributed by atoms with van der Waals surface area (Å²) in [5, 5.41) is 0.766. The van der Waals surface area contributed by atoms with E-state index in [0.717, 1.165) is 5.39 Å². The van der Waals surface area contributed by atoms with Gasteiger partial charge < -0.3 is 4.55 Å². The molecule has 4 nitrogen and oxygen atoms in total. The molecule has 0 amide bonds. The second-order valence-electron chi connectivity index (χ2n) is 2.47. The van der Waals surface area contributed by atoms with Crippen molar-refractivity contribution in [3.8, 4) is 0 Å². The van der Waals surface area contributed by atoms with Crippen LogP contribution in [0.2, 0.25) is 0 Å². The third kappa shape index (κ3) is 1.43. The highest BCUT2D eigenvalue weighted by molar-refractivity contribution is 7.79. The number of para-hydroxylation sites is 1. The SMILES string of the molecule is O=S(O)c1cccc2cncnc12. The Labute approximate surface area is 76.9 Å². The monoisotopic (exact) mass is 194 g/mol. The lowest BCUT2D eigenvalue weighted by atomic mass is 10.2. The Balaban J connectivity index is 2.83. The molecule has 0 spiro atoms. The molecule has 2 rings (SSSR count). The van der Waals surface area contributed by atoms with Gasteiger partial charge in [-0.2, -0.15) is 0 Å². The first kappa shape index (κ1) is 8.28. The molecule has 0 radical (unpaired) electrons. The Morgan fingerprint density at radius 3 is 3.00 bits per heavy atom. The summed E-state index contributed by atoms with van der Waals surface area (Å²) in [7, 11) is 0. The maximum Gasteiger partial charge on any atom is 0.188 e. The lowest BCUT2D eigenvalue weighted by Crippen LogP contribution is -1.92. The van der Waals surface area contributed by atoms with Gasteiger partial charge in [-0.3, -0.25) is 0 Å². The van der Waals surface area contributed by atoms with Crippen LogP contribution in [0.25, 0.3) is 10.9 Å². The maximum absolute atomic E-state index is 10.9. The third-order valence-corrected chi connectivity index (χ3v) is 2.39. The fourth-order valence-corrected chi connectivity index (χ4v) is 1.66. The largest absolute Gasteiger partial charge is 0.302 e. The van der Waals surface area contributed by atoms with Crippen molar-refractivity contribution in [1.29, 1.82) is 0 Å². The van der Waals surface area contributed by atoms with Crippen LogP contribution in [0.3, 0.4) is 0 Å². The van der Waals surface area contributed by atoms with Gasteiger partial charge in [-0.1, -0.05) is 12.1 Å². The summed E-state index contributed by atoms with van der Waals surface area (Å²) in [5.74, 6) is 0. The van der Waals surface area contributed by atoms with Crippen LogP contribution in [0.1, 0.15) is 0 Å². The normalized spacial score (nSPS) is 13.0. The summed E-state index contributed by atoms with van der Waals surface area (Å²) in [6.07, 6.45) is 2.97. The molecule has 1 N–H and O–H groups in total. The zero-order valence-corrected chi connectivity index (χ0v) is 7.36. The fourth-order valence-electron chi connectivity index (χ4n) is 1.13. The quantitative estimate of drug-likeness (QED) is 0.693. The summed E-state index contributed by atoms with van der Waals surface area (Å²) in [6, 6.07) is 5.08. The fraction of sp³-hybridized carbons (Fsp3) is 0. The summed E-state index contributed by atoms with van der Waals surface area (Å²) < 4.78 is 19.8. The second-order valence-corrected chi connectivity index (χ2v) is 3.40. The number of fused-ring (bicyclic) bond motifs is 1. The number of hydrogen-bond acceptors (Lipinski definition) is 3. The van der Waals surface area contributed by atoms with E-state index in [1.807, 2.05) is 0 Å². The molecule has 13 heavy (non-hydrogen) atoms. The predicted molar refractivity (Wildman–Crippen MR) is 48.6 cm³/mol. The second kappa shape index (κ2) is 3.20. The molecule has 5 heteroatoms. The van der Waals surface area contributed by atoms with Crippen molar-refractivity contribution >= 4 is 22.0 Å². The lowest BCUT2D eigenvalue weighted by molar-refractivity contribution is 0.565. The summed E-state index contributed by atoms with van der Waals surface area (Å²) in [5.41, 5.74) is 0.526. The Morgan fingerprint density at radius 2 is 2.23 bits per heavy atom. The summed E-state index contributed by atoms with van der Waals surface area (Å²) >= 11 is -1.99. The van der Waals surface area contributed by atoms with E-state index < -0.39 is 11.1 Å². The predicted octanol–water partition coefficient (Wildman–Crippen LogP) is 1.21. The van der Waals surface area contributed by atoms with Gasteiger partial charge >= 0.3 is 0 Å². The van der Waals surface area contributed by atoms with E-state index in [0.29, 0.717) is 10.4 Å². The third-order valence-electron chi connectivity index (χ3n) is 1.69. The van der Waals surface area contributed by atoms with Gasteiger partial charge in [0, 0.05) is 11.6 Å². The molecule has 0 saturated heterocycles. The van der Waals surface area contributed by atoms with Crippen LogP contribution >= 0.6 is 0 Å².